The van der Waals surface area contributed by atoms with Crippen LogP contribution in [0.15, 0.2) is 35.4 Å². The molecule has 0 saturated heterocycles. The Bertz CT molecular complexity index is 995. The predicted octanol–water partition coefficient (Wildman–Crippen LogP) is 3.40. The van der Waals surface area contributed by atoms with Gasteiger partial charge in [0.05, 0.1) is 15.5 Å². The van der Waals surface area contributed by atoms with Crippen LogP contribution in [0.2, 0.25) is 0 Å². The molecule has 0 aliphatic carbocycles. The lowest BCUT2D eigenvalue weighted by atomic mass is 10.1. The number of benzene rings is 1. The topological polar surface area (TPSA) is 53.5 Å². The zero-order valence-electron chi connectivity index (χ0n) is 15.4. The number of rotatable bonds is 7. The second kappa shape index (κ2) is 7.93. The molecule has 0 spiro atoms. The van der Waals surface area contributed by atoms with E-state index >= 15 is 0 Å². The average Bonchev–Trinajstić information content (AvgIpc) is 2.68. The fraction of sp³-hybridized carbons (Fsp3) is 0.350. The van der Waals surface area contributed by atoms with Crippen molar-refractivity contribution in [3.05, 3.63) is 46.4 Å². The first-order valence-corrected chi connectivity index (χ1v) is 9.64. The minimum Gasteiger partial charge on any atom is -0.373 e. The van der Waals surface area contributed by atoms with Crippen LogP contribution in [0.25, 0.3) is 20.2 Å². The molecule has 0 atom stereocenters. The first-order chi connectivity index (χ1) is 12.6. The van der Waals surface area contributed by atoms with Crippen molar-refractivity contribution in [1.82, 2.24) is 9.88 Å². The van der Waals surface area contributed by atoms with Crippen molar-refractivity contribution >= 4 is 43.5 Å². The Morgan fingerprint density at radius 1 is 1.15 bits per heavy atom. The molecule has 0 fully saturated rings. The summed E-state index contributed by atoms with van der Waals surface area (Å²) < 4.78 is 1.60. The van der Waals surface area contributed by atoms with Crippen molar-refractivity contribution in [2.75, 3.05) is 38.1 Å². The number of hydrogen-bond donors (Lipinski definition) is 0. The fourth-order valence-electron chi connectivity index (χ4n) is 3.17. The third-order valence-corrected chi connectivity index (χ3v) is 6.04. The molecule has 1 aromatic carbocycles. The van der Waals surface area contributed by atoms with Gasteiger partial charge in [0, 0.05) is 48.5 Å². The fourth-order valence-corrected chi connectivity index (χ4v) is 4.30. The normalized spacial score (nSPS) is 11.4. The number of nitrogens with zero attached hydrogens (tertiary/aromatic N) is 3. The van der Waals surface area contributed by atoms with Crippen LogP contribution in [0, 0.1) is 0 Å². The van der Waals surface area contributed by atoms with Crippen LogP contribution in [-0.4, -0.2) is 49.4 Å². The number of carbonyl (C=O) groups excluding carboxylic acids is 1. The SMILES string of the molecule is CCN(CC)CCN(C)c1ccc(C=O)c2sc3ccncc3c(=O)c12. The molecule has 2 heterocycles. The van der Waals surface area contributed by atoms with Crippen molar-refractivity contribution in [1.29, 1.82) is 0 Å². The first-order valence-electron chi connectivity index (χ1n) is 8.82. The molecule has 136 valence electrons. The van der Waals surface area contributed by atoms with Crippen LogP contribution < -0.4 is 10.3 Å². The Morgan fingerprint density at radius 3 is 2.62 bits per heavy atom. The van der Waals surface area contributed by atoms with E-state index in [1.165, 1.54) is 11.3 Å². The molecule has 0 N–H and O–H groups in total. The highest BCUT2D eigenvalue weighted by Crippen LogP contribution is 2.32. The maximum atomic E-state index is 13.1. The number of carbonyl (C=O) groups is 1. The molecule has 6 heteroatoms. The Kier molecular flexibility index (Phi) is 5.64. The molecule has 3 aromatic rings. The van der Waals surface area contributed by atoms with Crippen LogP contribution >= 0.6 is 11.3 Å². The minimum absolute atomic E-state index is 0.0600. The van der Waals surface area contributed by atoms with E-state index < -0.39 is 0 Å². The van der Waals surface area contributed by atoms with Gasteiger partial charge in [0.1, 0.15) is 0 Å². The molecule has 0 unspecified atom stereocenters. The summed E-state index contributed by atoms with van der Waals surface area (Å²) >= 11 is 1.47. The molecule has 5 nitrogen and oxygen atoms in total. The highest BCUT2D eigenvalue weighted by molar-refractivity contribution is 7.25. The predicted molar refractivity (Wildman–Crippen MR) is 110 cm³/mol. The quantitative estimate of drug-likeness (QED) is 0.472. The van der Waals surface area contributed by atoms with Gasteiger partial charge in [0.2, 0.25) is 0 Å². The van der Waals surface area contributed by atoms with E-state index in [4.69, 9.17) is 0 Å². The van der Waals surface area contributed by atoms with Crippen molar-refractivity contribution in [2.45, 2.75) is 13.8 Å². The number of aromatic nitrogens is 1. The summed E-state index contributed by atoms with van der Waals surface area (Å²) in [7, 11) is 2.00. The van der Waals surface area contributed by atoms with E-state index in [2.05, 4.69) is 28.6 Å². The lowest BCUT2D eigenvalue weighted by Gasteiger charge is -2.25. The molecule has 2 aromatic heterocycles. The second-order valence-corrected chi connectivity index (χ2v) is 7.30. The van der Waals surface area contributed by atoms with E-state index in [1.54, 1.807) is 12.4 Å². The third-order valence-electron chi connectivity index (χ3n) is 4.82. The van der Waals surface area contributed by atoms with Crippen molar-refractivity contribution < 1.29 is 4.79 Å². The highest BCUT2D eigenvalue weighted by Gasteiger charge is 2.16. The summed E-state index contributed by atoms with van der Waals surface area (Å²) in [5.41, 5.74) is 1.36. The summed E-state index contributed by atoms with van der Waals surface area (Å²) in [5.74, 6) is 0. The van der Waals surface area contributed by atoms with E-state index in [0.29, 0.717) is 16.3 Å². The minimum atomic E-state index is -0.0600. The number of likely N-dealkylation sites (N-methyl/N-ethyl adjacent to an activating group) is 2. The van der Waals surface area contributed by atoms with Gasteiger partial charge in [-0.3, -0.25) is 14.6 Å². The van der Waals surface area contributed by atoms with Crippen molar-refractivity contribution in [3.8, 4) is 0 Å². The maximum Gasteiger partial charge on any atom is 0.199 e. The Morgan fingerprint density at radius 2 is 1.92 bits per heavy atom. The van der Waals surface area contributed by atoms with Gasteiger partial charge in [-0.15, -0.1) is 11.3 Å². The monoisotopic (exact) mass is 369 g/mol. The summed E-state index contributed by atoms with van der Waals surface area (Å²) in [5, 5.41) is 1.22. The molecular formula is C20H23N3O2S. The largest absolute Gasteiger partial charge is 0.373 e. The van der Waals surface area contributed by atoms with Gasteiger partial charge < -0.3 is 9.80 Å². The molecule has 0 aliphatic heterocycles. The van der Waals surface area contributed by atoms with Gasteiger partial charge in [-0.1, -0.05) is 13.8 Å². The van der Waals surface area contributed by atoms with Gasteiger partial charge in [-0.25, -0.2) is 0 Å². The molecule has 0 saturated carbocycles. The molecule has 0 aliphatic rings. The molecular weight excluding hydrogens is 346 g/mol. The summed E-state index contributed by atoms with van der Waals surface area (Å²) in [4.78, 5) is 33.2. The van der Waals surface area contributed by atoms with Gasteiger partial charge in [0.15, 0.2) is 11.7 Å². The van der Waals surface area contributed by atoms with Crippen LogP contribution in [0.5, 0.6) is 0 Å². The standard InChI is InChI=1S/C20H23N3O2S/c1-4-23(5-2)11-10-22(3)16-7-6-14(13-24)20-18(16)19(25)15-12-21-9-8-17(15)26-20/h6-9,12-13H,4-5,10-11H2,1-3H3. The number of anilines is 1. The third kappa shape index (κ3) is 3.34. The average molecular weight is 369 g/mol. The van der Waals surface area contributed by atoms with Gasteiger partial charge in [-0.2, -0.15) is 0 Å². The number of pyridine rings is 1. The second-order valence-electron chi connectivity index (χ2n) is 6.25. The molecule has 0 bridgehead atoms. The van der Waals surface area contributed by atoms with Crippen molar-refractivity contribution in [2.24, 2.45) is 0 Å². The van der Waals surface area contributed by atoms with E-state index in [1.807, 2.05) is 25.2 Å². The van der Waals surface area contributed by atoms with Crippen LogP contribution in [-0.2, 0) is 0 Å². The van der Waals surface area contributed by atoms with Crippen molar-refractivity contribution in [3.63, 3.8) is 0 Å². The van der Waals surface area contributed by atoms with Crippen LogP contribution in [0.4, 0.5) is 5.69 Å². The van der Waals surface area contributed by atoms with Crippen LogP contribution in [0.3, 0.4) is 0 Å². The van der Waals surface area contributed by atoms with E-state index in [0.717, 1.165) is 47.6 Å². The van der Waals surface area contributed by atoms with E-state index in [-0.39, 0.29) is 5.43 Å². The molecule has 0 radical (unpaired) electrons. The highest BCUT2D eigenvalue weighted by atomic mass is 32.1. The zero-order valence-corrected chi connectivity index (χ0v) is 16.2. The summed E-state index contributed by atoms with van der Waals surface area (Å²) in [6.07, 6.45) is 4.11. The van der Waals surface area contributed by atoms with E-state index in [9.17, 15) is 9.59 Å². The van der Waals surface area contributed by atoms with Gasteiger partial charge in [-0.05, 0) is 31.3 Å². The summed E-state index contributed by atoms with van der Waals surface area (Å²) in [6, 6.07) is 5.51. The number of hydrogen-bond acceptors (Lipinski definition) is 6. The van der Waals surface area contributed by atoms with Crippen LogP contribution in [0.1, 0.15) is 24.2 Å². The number of aldehydes is 1. The lowest BCUT2D eigenvalue weighted by Crippen LogP contribution is -2.33. The first kappa shape index (κ1) is 18.5. The smallest absolute Gasteiger partial charge is 0.199 e. The lowest BCUT2D eigenvalue weighted by molar-refractivity contribution is 0.112. The van der Waals surface area contributed by atoms with Gasteiger partial charge >= 0.3 is 0 Å². The van der Waals surface area contributed by atoms with Gasteiger partial charge in [0.25, 0.3) is 0 Å². The summed E-state index contributed by atoms with van der Waals surface area (Å²) in [6.45, 7) is 8.03. The maximum absolute atomic E-state index is 13.1. The number of fused-ring (bicyclic) bond motifs is 2. The zero-order chi connectivity index (χ0) is 18.7. The Labute approximate surface area is 156 Å². The Balaban J connectivity index is 2.15. The molecule has 3 rings (SSSR count). The Hall–Kier alpha value is -2.31. The molecule has 26 heavy (non-hydrogen) atoms. The molecule has 0 amide bonds.